The quantitative estimate of drug-likeness (QED) is 0.826. The summed E-state index contributed by atoms with van der Waals surface area (Å²) >= 11 is 1.55. The van der Waals surface area contributed by atoms with Crippen LogP contribution in [0.5, 0.6) is 0 Å². The monoisotopic (exact) mass is 310 g/mol. The van der Waals surface area contributed by atoms with Gasteiger partial charge in [-0.2, -0.15) is 11.3 Å². The summed E-state index contributed by atoms with van der Waals surface area (Å²) in [6, 6.07) is 8.72. The third kappa shape index (κ3) is 4.06. The minimum atomic E-state index is -3.45. The molecule has 0 aliphatic rings. The fourth-order valence-electron chi connectivity index (χ4n) is 1.68. The van der Waals surface area contributed by atoms with Crippen molar-refractivity contribution >= 4 is 27.0 Å². The van der Waals surface area contributed by atoms with Crippen LogP contribution in [0.1, 0.15) is 18.9 Å². The number of hydrogen-bond acceptors (Lipinski definition) is 4. The van der Waals surface area contributed by atoms with Crippen LogP contribution < -0.4 is 10.0 Å². The molecule has 0 aliphatic heterocycles. The van der Waals surface area contributed by atoms with Gasteiger partial charge in [-0.3, -0.25) is 0 Å². The molecule has 108 valence electrons. The predicted octanol–water partition coefficient (Wildman–Crippen LogP) is 3.05. The van der Waals surface area contributed by atoms with E-state index in [2.05, 4.69) is 17.0 Å². The summed E-state index contributed by atoms with van der Waals surface area (Å²) < 4.78 is 26.8. The van der Waals surface area contributed by atoms with E-state index < -0.39 is 10.0 Å². The highest BCUT2D eigenvalue weighted by Crippen LogP contribution is 2.15. The van der Waals surface area contributed by atoms with E-state index in [1.165, 1.54) is 0 Å². The van der Waals surface area contributed by atoms with Crippen LogP contribution in [0, 0.1) is 0 Å². The van der Waals surface area contributed by atoms with Gasteiger partial charge in [-0.15, -0.1) is 0 Å². The molecule has 0 bridgehead atoms. The van der Waals surface area contributed by atoms with Crippen molar-refractivity contribution in [3.63, 3.8) is 0 Å². The molecule has 1 heterocycles. The Morgan fingerprint density at radius 2 is 1.90 bits per heavy atom. The van der Waals surface area contributed by atoms with Crippen LogP contribution in [0.4, 0.5) is 5.69 Å². The summed E-state index contributed by atoms with van der Waals surface area (Å²) in [4.78, 5) is 0.287. The van der Waals surface area contributed by atoms with Gasteiger partial charge in [0.15, 0.2) is 0 Å². The van der Waals surface area contributed by atoms with Gasteiger partial charge < -0.3 is 5.32 Å². The molecule has 0 spiro atoms. The first-order valence-electron chi connectivity index (χ1n) is 6.46. The number of benzene rings is 1. The average Bonchev–Trinajstić information content (AvgIpc) is 2.97. The number of nitrogens with one attached hydrogen (secondary N) is 2. The maximum absolute atomic E-state index is 12.1. The molecule has 4 nitrogen and oxygen atoms in total. The molecule has 0 aliphatic carbocycles. The van der Waals surface area contributed by atoms with Gasteiger partial charge in [-0.1, -0.05) is 6.92 Å². The molecular formula is C14H18N2O2S2. The van der Waals surface area contributed by atoms with E-state index in [0.717, 1.165) is 24.2 Å². The zero-order chi connectivity index (χ0) is 14.4. The van der Waals surface area contributed by atoms with E-state index in [1.54, 1.807) is 35.6 Å². The third-order valence-corrected chi connectivity index (χ3v) is 4.94. The van der Waals surface area contributed by atoms with Crippen LogP contribution in [0.25, 0.3) is 0 Å². The molecule has 0 saturated heterocycles. The fourth-order valence-corrected chi connectivity index (χ4v) is 3.36. The highest BCUT2D eigenvalue weighted by atomic mass is 32.2. The summed E-state index contributed by atoms with van der Waals surface area (Å²) in [5.41, 5.74) is 1.91. The van der Waals surface area contributed by atoms with Gasteiger partial charge in [-0.25, -0.2) is 13.1 Å². The van der Waals surface area contributed by atoms with Crippen molar-refractivity contribution < 1.29 is 8.42 Å². The van der Waals surface area contributed by atoms with Crippen LogP contribution in [0.15, 0.2) is 46.0 Å². The van der Waals surface area contributed by atoms with Crippen molar-refractivity contribution in [2.45, 2.75) is 24.8 Å². The lowest BCUT2D eigenvalue weighted by Gasteiger charge is -2.08. The lowest BCUT2D eigenvalue weighted by Crippen LogP contribution is -2.22. The van der Waals surface area contributed by atoms with Crippen molar-refractivity contribution in [1.29, 1.82) is 0 Å². The zero-order valence-electron chi connectivity index (χ0n) is 11.3. The molecule has 0 atom stereocenters. The Morgan fingerprint density at radius 1 is 1.15 bits per heavy atom. The Labute approximate surface area is 123 Å². The summed E-state index contributed by atoms with van der Waals surface area (Å²) in [5.74, 6) is 0. The van der Waals surface area contributed by atoms with Crippen molar-refractivity contribution in [2.75, 3.05) is 11.9 Å². The van der Waals surface area contributed by atoms with Crippen LogP contribution in [-0.4, -0.2) is 15.0 Å². The molecule has 0 radical (unpaired) electrons. The number of rotatable bonds is 7. The maximum Gasteiger partial charge on any atom is 0.240 e. The molecule has 20 heavy (non-hydrogen) atoms. The second-order valence-electron chi connectivity index (χ2n) is 4.41. The molecule has 0 unspecified atom stereocenters. The Balaban J connectivity index is 2.01. The van der Waals surface area contributed by atoms with Crippen LogP contribution >= 0.6 is 11.3 Å². The topological polar surface area (TPSA) is 58.2 Å². The molecular weight excluding hydrogens is 292 g/mol. The molecule has 2 aromatic rings. The van der Waals surface area contributed by atoms with Gasteiger partial charge in [0, 0.05) is 18.8 Å². The van der Waals surface area contributed by atoms with E-state index in [1.807, 2.05) is 16.8 Å². The normalized spacial score (nSPS) is 11.4. The first-order valence-corrected chi connectivity index (χ1v) is 8.89. The second-order valence-corrected chi connectivity index (χ2v) is 6.95. The molecule has 0 amide bonds. The zero-order valence-corrected chi connectivity index (χ0v) is 12.9. The van der Waals surface area contributed by atoms with Crippen molar-refractivity contribution in [3.05, 3.63) is 46.7 Å². The lowest BCUT2D eigenvalue weighted by atomic mass is 10.3. The fraction of sp³-hybridized carbons (Fsp3) is 0.286. The van der Waals surface area contributed by atoms with E-state index in [4.69, 9.17) is 0 Å². The van der Waals surface area contributed by atoms with Gasteiger partial charge >= 0.3 is 0 Å². The minimum Gasteiger partial charge on any atom is -0.385 e. The number of anilines is 1. The molecule has 6 heteroatoms. The SMILES string of the molecule is CCCNc1ccc(S(=O)(=O)NCc2ccsc2)cc1. The summed E-state index contributed by atoms with van der Waals surface area (Å²) in [5, 5.41) is 7.07. The van der Waals surface area contributed by atoms with Crippen LogP contribution in [-0.2, 0) is 16.6 Å². The summed E-state index contributed by atoms with van der Waals surface area (Å²) in [7, 11) is -3.45. The third-order valence-electron chi connectivity index (χ3n) is 2.79. The maximum atomic E-state index is 12.1. The summed E-state index contributed by atoms with van der Waals surface area (Å²) in [6.45, 7) is 3.28. The molecule has 1 aromatic heterocycles. The standard InChI is InChI=1S/C14H18N2O2S2/c1-2-8-15-13-3-5-14(6-4-13)20(17,18)16-10-12-7-9-19-11-12/h3-7,9,11,15-16H,2,8,10H2,1H3. The highest BCUT2D eigenvalue weighted by molar-refractivity contribution is 7.89. The number of hydrogen-bond donors (Lipinski definition) is 2. The molecule has 1 aromatic carbocycles. The van der Waals surface area contributed by atoms with Crippen LogP contribution in [0.3, 0.4) is 0 Å². The Hall–Kier alpha value is -1.37. The van der Waals surface area contributed by atoms with E-state index in [-0.39, 0.29) is 4.90 Å². The average molecular weight is 310 g/mol. The predicted molar refractivity (Wildman–Crippen MR) is 83.6 cm³/mol. The van der Waals surface area contributed by atoms with Crippen LogP contribution in [0.2, 0.25) is 0 Å². The van der Waals surface area contributed by atoms with Gasteiger partial charge in [0.25, 0.3) is 0 Å². The van der Waals surface area contributed by atoms with Gasteiger partial charge in [0.1, 0.15) is 0 Å². The Bertz CT molecular complexity index is 620. The van der Waals surface area contributed by atoms with Crippen molar-refractivity contribution in [2.24, 2.45) is 0 Å². The van der Waals surface area contributed by atoms with E-state index in [0.29, 0.717) is 6.54 Å². The first-order chi connectivity index (χ1) is 9.62. The largest absolute Gasteiger partial charge is 0.385 e. The van der Waals surface area contributed by atoms with Crippen molar-refractivity contribution in [1.82, 2.24) is 4.72 Å². The molecule has 0 fully saturated rings. The molecule has 2 N–H and O–H groups in total. The van der Waals surface area contributed by atoms with Gasteiger partial charge in [0.05, 0.1) is 4.90 Å². The lowest BCUT2D eigenvalue weighted by molar-refractivity contribution is 0.581. The molecule has 0 saturated carbocycles. The first kappa shape index (κ1) is 15.0. The molecule has 2 rings (SSSR count). The second kappa shape index (κ2) is 6.88. The van der Waals surface area contributed by atoms with Gasteiger partial charge in [-0.05, 0) is 53.1 Å². The smallest absolute Gasteiger partial charge is 0.240 e. The van der Waals surface area contributed by atoms with Crippen molar-refractivity contribution in [3.8, 4) is 0 Å². The van der Waals surface area contributed by atoms with E-state index in [9.17, 15) is 8.42 Å². The minimum absolute atomic E-state index is 0.287. The number of thiophene rings is 1. The Kier molecular flexibility index (Phi) is 5.17. The van der Waals surface area contributed by atoms with E-state index >= 15 is 0 Å². The van der Waals surface area contributed by atoms with Gasteiger partial charge in [0.2, 0.25) is 10.0 Å². The summed E-state index contributed by atoms with van der Waals surface area (Å²) in [6.07, 6.45) is 1.03. The highest BCUT2D eigenvalue weighted by Gasteiger charge is 2.13. The number of sulfonamides is 1. The Morgan fingerprint density at radius 3 is 2.50 bits per heavy atom.